The Balaban J connectivity index is 0.000000677. The van der Waals surface area contributed by atoms with Crippen LogP contribution in [0, 0.1) is 0 Å². The molecule has 0 aliphatic rings. The molecule has 9 N–H and O–H groups in total. The molecule has 0 saturated heterocycles. The topological polar surface area (TPSA) is 222 Å². The van der Waals surface area contributed by atoms with Gasteiger partial charge in [-0.05, 0) is 18.4 Å². The molecular weight excluding hydrogens is 444 g/mol. The number of carboxylic acid groups (broad SMARTS) is 3. The summed E-state index contributed by atoms with van der Waals surface area (Å²) in [6.45, 7) is -0.567. The highest BCUT2D eigenvalue weighted by Crippen LogP contribution is 2.01. The number of hydrogen-bond acceptors (Lipinski definition) is 8. The van der Waals surface area contributed by atoms with E-state index >= 15 is 0 Å². The SMILES string of the molecule is N[C@@H](CCC(=O)N[C@@H](CS)C(=O)NCC(=O)O)C(=O)O.N[C@@H](Cc1ccccc1)C(=O)O. The molecule has 12 nitrogen and oxygen atoms in total. The molecule has 13 heteroatoms. The zero-order valence-corrected chi connectivity index (χ0v) is 18.0. The Morgan fingerprint density at radius 3 is 1.97 bits per heavy atom. The highest BCUT2D eigenvalue weighted by molar-refractivity contribution is 7.80. The number of rotatable bonds is 12. The number of thiol groups is 1. The molecule has 0 unspecified atom stereocenters. The predicted molar refractivity (Wildman–Crippen MR) is 117 cm³/mol. The quantitative estimate of drug-likeness (QED) is 0.163. The Morgan fingerprint density at radius 2 is 1.50 bits per heavy atom. The van der Waals surface area contributed by atoms with Crippen LogP contribution in [-0.2, 0) is 30.4 Å². The number of carbonyl (C=O) groups is 5. The molecule has 0 saturated carbocycles. The van der Waals surface area contributed by atoms with E-state index in [4.69, 9.17) is 26.8 Å². The molecule has 0 fully saturated rings. The van der Waals surface area contributed by atoms with E-state index in [1.165, 1.54) is 0 Å². The van der Waals surface area contributed by atoms with Crippen LogP contribution < -0.4 is 22.1 Å². The molecule has 32 heavy (non-hydrogen) atoms. The summed E-state index contributed by atoms with van der Waals surface area (Å²) in [4.78, 5) is 54.1. The van der Waals surface area contributed by atoms with Gasteiger partial charge >= 0.3 is 17.9 Å². The van der Waals surface area contributed by atoms with Crippen LogP contribution in [0.3, 0.4) is 0 Å². The van der Waals surface area contributed by atoms with Crippen molar-refractivity contribution in [3.05, 3.63) is 35.9 Å². The summed E-state index contributed by atoms with van der Waals surface area (Å²) in [5.41, 5.74) is 11.5. The number of amides is 2. The minimum atomic E-state index is -1.22. The van der Waals surface area contributed by atoms with Crippen molar-refractivity contribution in [1.82, 2.24) is 10.6 Å². The Kier molecular flexibility index (Phi) is 14.1. The molecule has 0 aromatic heterocycles. The highest BCUT2D eigenvalue weighted by atomic mass is 32.1. The number of hydrogen-bond donors (Lipinski definition) is 8. The van der Waals surface area contributed by atoms with Crippen LogP contribution in [0.25, 0.3) is 0 Å². The van der Waals surface area contributed by atoms with E-state index in [-0.39, 0.29) is 18.6 Å². The summed E-state index contributed by atoms with van der Waals surface area (Å²) in [6.07, 6.45) is 0.150. The summed E-state index contributed by atoms with van der Waals surface area (Å²) in [7, 11) is 0. The monoisotopic (exact) mass is 472 g/mol. The average molecular weight is 473 g/mol. The zero-order chi connectivity index (χ0) is 24.7. The van der Waals surface area contributed by atoms with Crippen LogP contribution in [0.5, 0.6) is 0 Å². The fourth-order valence-corrected chi connectivity index (χ4v) is 2.37. The van der Waals surface area contributed by atoms with Crippen LogP contribution in [-0.4, -0.2) is 75.5 Å². The van der Waals surface area contributed by atoms with Crippen molar-refractivity contribution >= 4 is 42.4 Å². The van der Waals surface area contributed by atoms with Crippen molar-refractivity contribution in [2.45, 2.75) is 37.4 Å². The van der Waals surface area contributed by atoms with Crippen molar-refractivity contribution in [1.29, 1.82) is 0 Å². The molecule has 1 rings (SSSR count). The first-order valence-electron chi connectivity index (χ1n) is 9.38. The smallest absolute Gasteiger partial charge is 0.322 e. The van der Waals surface area contributed by atoms with Crippen molar-refractivity contribution < 1.29 is 39.3 Å². The molecule has 1 aromatic carbocycles. The fraction of sp³-hybridized carbons (Fsp3) is 0.421. The Morgan fingerprint density at radius 1 is 0.938 bits per heavy atom. The van der Waals surface area contributed by atoms with Gasteiger partial charge in [0.1, 0.15) is 24.7 Å². The van der Waals surface area contributed by atoms with Gasteiger partial charge in [-0.15, -0.1) is 0 Å². The van der Waals surface area contributed by atoms with E-state index in [0.29, 0.717) is 6.42 Å². The molecule has 178 valence electrons. The maximum absolute atomic E-state index is 11.5. The average Bonchev–Trinajstić information content (AvgIpc) is 2.74. The molecule has 0 spiro atoms. The summed E-state index contributed by atoms with van der Waals surface area (Å²) >= 11 is 3.87. The Hall–Kier alpha value is -3.16. The largest absolute Gasteiger partial charge is 0.480 e. The van der Waals surface area contributed by atoms with E-state index in [0.717, 1.165) is 5.56 Å². The number of nitrogens with two attached hydrogens (primary N) is 2. The normalized spacial score (nSPS) is 12.8. The highest BCUT2D eigenvalue weighted by Gasteiger charge is 2.21. The minimum Gasteiger partial charge on any atom is -0.480 e. The van der Waals surface area contributed by atoms with Gasteiger partial charge in [0.15, 0.2) is 0 Å². The molecule has 0 heterocycles. The van der Waals surface area contributed by atoms with Gasteiger partial charge in [-0.3, -0.25) is 24.0 Å². The number of benzene rings is 1. The first kappa shape index (κ1) is 28.8. The second-order valence-corrected chi connectivity index (χ2v) is 6.90. The lowest BCUT2D eigenvalue weighted by Crippen LogP contribution is -2.49. The molecule has 3 atom stereocenters. The van der Waals surface area contributed by atoms with E-state index in [2.05, 4.69) is 23.3 Å². The third-order valence-corrected chi connectivity index (χ3v) is 4.23. The van der Waals surface area contributed by atoms with E-state index in [1.54, 1.807) is 0 Å². The van der Waals surface area contributed by atoms with Crippen LogP contribution >= 0.6 is 12.6 Å². The first-order valence-corrected chi connectivity index (χ1v) is 10.0. The van der Waals surface area contributed by atoms with Gasteiger partial charge in [0.2, 0.25) is 11.8 Å². The maximum atomic E-state index is 11.5. The second-order valence-electron chi connectivity index (χ2n) is 6.53. The molecule has 0 bridgehead atoms. The standard InChI is InChI=1S/C10H17N3O6S.C9H11NO2/c11-5(10(18)19)1-2-7(14)13-6(4-20)9(17)12-3-8(15)16;10-8(9(11)12)6-7-4-2-1-3-5-7/h5-6,20H,1-4,11H2,(H,12,17)(H,13,14)(H,15,16)(H,18,19);1-5,8H,6,10H2,(H,11,12)/t5-,6-;8-/m00/s1. The van der Waals surface area contributed by atoms with Gasteiger partial charge in [-0.1, -0.05) is 30.3 Å². The predicted octanol–water partition coefficient (Wildman–Crippen LogP) is -1.57. The van der Waals surface area contributed by atoms with Crippen LogP contribution in [0.15, 0.2) is 30.3 Å². The number of carboxylic acids is 3. The number of carbonyl (C=O) groups excluding carboxylic acids is 2. The van der Waals surface area contributed by atoms with Gasteiger partial charge in [-0.25, -0.2) is 0 Å². The minimum absolute atomic E-state index is 0.0256. The first-order chi connectivity index (χ1) is 15.0. The molecule has 0 aliphatic carbocycles. The van der Waals surface area contributed by atoms with E-state index in [9.17, 15) is 24.0 Å². The number of nitrogens with one attached hydrogen (secondary N) is 2. The van der Waals surface area contributed by atoms with Crippen molar-refractivity contribution in [3.63, 3.8) is 0 Å². The Labute approximate surface area is 189 Å². The lowest BCUT2D eigenvalue weighted by Gasteiger charge is -2.16. The van der Waals surface area contributed by atoms with Crippen molar-refractivity contribution in [2.24, 2.45) is 11.5 Å². The van der Waals surface area contributed by atoms with E-state index in [1.807, 2.05) is 30.3 Å². The van der Waals surface area contributed by atoms with Gasteiger partial charge in [0.05, 0.1) is 0 Å². The van der Waals surface area contributed by atoms with Gasteiger partial charge < -0.3 is 37.4 Å². The van der Waals surface area contributed by atoms with Crippen molar-refractivity contribution in [3.8, 4) is 0 Å². The van der Waals surface area contributed by atoms with Gasteiger partial charge in [-0.2, -0.15) is 12.6 Å². The fourth-order valence-electron chi connectivity index (χ4n) is 2.11. The lowest BCUT2D eigenvalue weighted by atomic mass is 10.1. The summed E-state index contributed by atoms with van der Waals surface area (Å²) in [5.74, 6) is -4.66. The number of aliphatic carboxylic acids is 3. The van der Waals surface area contributed by atoms with Crippen molar-refractivity contribution in [2.75, 3.05) is 12.3 Å². The molecular formula is C19H28N4O8S. The zero-order valence-electron chi connectivity index (χ0n) is 17.1. The second kappa shape index (κ2) is 15.6. The summed E-state index contributed by atoms with van der Waals surface area (Å²) in [5, 5.41) is 29.9. The molecule has 0 radical (unpaired) electrons. The van der Waals surface area contributed by atoms with Crippen LogP contribution in [0.1, 0.15) is 18.4 Å². The summed E-state index contributed by atoms with van der Waals surface area (Å²) < 4.78 is 0. The maximum Gasteiger partial charge on any atom is 0.322 e. The summed E-state index contributed by atoms with van der Waals surface area (Å²) in [6, 6.07) is 6.39. The third-order valence-electron chi connectivity index (χ3n) is 3.86. The lowest BCUT2D eigenvalue weighted by molar-refractivity contribution is -0.139. The van der Waals surface area contributed by atoms with Gasteiger partial charge in [0.25, 0.3) is 0 Å². The van der Waals surface area contributed by atoms with Gasteiger partial charge in [0, 0.05) is 12.2 Å². The Bertz CT molecular complexity index is 778. The molecule has 1 aromatic rings. The van der Waals surface area contributed by atoms with E-state index < -0.39 is 54.4 Å². The van der Waals surface area contributed by atoms with Crippen LogP contribution in [0.2, 0.25) is 0 Å². The van der Waals surface area contributed by atoms with Crippen LogP contribution in [0.4, 0.5) is 0 Å². The molecule has 2 amide bonds. The molecule has 0 aliphatic heterocycles. The third kappa shape index (κ3) is 13.2.